The third-order valence-electron chi connectivity index (χ3n) is 4.43. The van der Waals surface area contributed by atoms with Gasteiger partial charge in [0.25, 0.3) is 0 Å². The summed E-state index contributed by atoms with van der Waals surface area (Å²) in [6, 6.07) is 0. The van der Waals surface area contributed by atoms with Crippen LogP contribution < -0.4 is 0 Å². The summed E-state index contributed by atoms with van der Waals surface area (Å²) in [6.45, 7) is 7.64. The summed E-state index contributed by atoms with van der Waals surface area (Å²) in [7, 11) is 2.61. The normalized spacial score (nSPS) is 14.5. The van der Waals surface area contributed by atoms with Crippen molar-refractivity contribution < 1.29 is 52.3 Å². The van der Waals surface area contributed by atoms with E-state index in [0.717, 1.165) is 0 Å². The number of ether oxygens (including phenoxy) is 7. The summed E-state index contributed by atoms with van der Waals surface area (Å²) >= 11 is 0. The predicted molar refractivity (Wildman–Crippen MR) is 115 cm³/mol. The maximum Gasteiger partial charge on any atom is 0.311 e. The summed E-state index contributed by atoms with van der Waals surface area (Å²) in [5.41, 5.74) is 0. The molecule has 0 fully saturated rings. The zero-order valence-corrected chi connectivity index (χ0v) is 20.5. The van der Waals surface area contributed by atoms with E-state index >= 15 is 0 Å². The molecule has 0 saturated carbocycles. The van der Waals surface area contributed by atoms with Crippen molar-refractivity contribution in [3.05, 3.63) is 0 Å². The van der Waals surface area contributed by atoms with E-state index in [1.165, 1.54) is 14.2 Å². The molecule has 0 radical (unpaired) electrons. The van der Waals surface area contributed by atoms with Crippen molar-refractivity contribution in [3.63, 3.8) is 0 Å². The van der Waals surface area contributed by atoms with Crippen LogP contribution in [0.5, 0.6) is 0 Å². The first-order valence-corrected chi connectivity index (χ1v) is 10.9. The smallest absolute Gasteiger partial charge is 0.311 e. The SMILES string of the molecule is COC(=O)C(C)COCC(C)C(=O)OCCOCCOC(=O)C(C)COCC(C)C(=O)OC. The van der Waals surface area contributed by atoms with Gasteiger partial charge in [0.05, 0.1) is 77.5 Å². The van der Waals surface area contributed by atoms with Gasteiger partial charge in [0.15, 0.2) is 0 Å². The topological polar surface area (TPSA) is 133 Å². The van der Waals surface area contributed by atoms with Crippen LogP contribution in [0, 0.1) is 23.7 Å². The molecule has 192 valence electrons. The molecule has 0 aromatic rings. The van der Waals surface area contributed by atoms with Gasteiger partial charge in [-0.3, -0.25) is 19.2 Å². The average molecular weight is 479 g/mol. The lowest BCUT2D eigenvalue weighted by atomic mass is 10.2. The standard InChI is InChI=1S/C22H38O11/c1-15(19(23)27-5)11-30-13-17(3)21(25)32-9-7-29-8-10-33-22(26)18(4)14-31-12-16(2)20(24)28-6/h15-18H,7-14H2,1-6H3. The fourth-order valence-electron chi connectivity index (χ4n) is 2.31. The van der Waals surface area contributed by atoms with E-state index in [1.807, 2.05) is 0 Å². The first kappa shape index (κ1) is 30.8. The molecular formula is C22H38O11. The molecule has 0 aliphatic heterocycles. The predicted octanol–water partition coefficient (Wildman–Crippen LogP) is 1.01. The van der Waals surface area contributed by atoms with Crippen molar-refractivity contribution in [1.82, 2.24) is 0 Å². The second-order valence-corrected chi connectivity index (χ2v) is 7.67. The molecule has 4 atom stereocenters. The Morgan fingerprint density at radius 2 is 0.788 bits per heavy atom. The molecule has 0 saturated heterocycles. The van der Waals surface area contributed by atoms with Gasteiger partial charge in [-0.1, -0.05) is 0 Å². The van der Waals surface area contributed by atoms with Gasteiger partial charge in [-0.25, -0.2) is 0 Å². The van der Waals surface area contributed by atoms with Gasteiger partial charge < -0.3 is 33.2 Å². The van der Waals surface area contributed by atoms with Crippen LogP contribution >= 0.6 is 0 Å². The zero-order chi connectivity index (χ0) is 25.2. The molecule has 33 heavy (non-hydrogen) atoms. The average Bonchev–Trinajstić information content (AvgIpc) is 2.81. The monoisotopic (exact) mass is 478 g/mol. The Morgan fingerprint density at radius 3 is 1.09 bits per heavy atom. The van der Waals surface area contributed by atoms with Crippen LogP contribution in [0.2, 0.25) is 0 Å². The summed E-state index contributed by atoms with van der Waals surface area (Å²) in [6.07, 6.45) is 0. The molecule has 0 aliphatic rings. The van der Waals surface area contributed by atoms with Gasteiger partial charge in [-0.15, -0.1) is 0 Å². The third-order valence-corrected chi connectivity index (χ3v) is 4.43. The van der Waals surface area contributed by atoms with Gasteiger partial charge in [0.1, 0.15) is 13.2 Å². The van der Waals surface area contributed by atoms with Gasteiger partial charge in [0, 0.05) is 0 Å². The quantitative estimate of drug-likeness (QED) is 0.159. The summed E-state index contributed by atoms with van der Waals surface area (Å²) < 4.78 is 35.3. The van der Waals surface area contributed by atoms with Gasteiger partial charge in [-0.05, 0) is 27.7 Å². The Balaban J connectivity index is 3.76. The van der Waals surface area contributed by atoms with Crippen LogP contribution in [0.3, 0.4) is 0 Å². The Bertz CT molecular complexity index is 543. The van der Waals surface area contributed by atoms with E-state index in [9.17, 15) is 19.2 Å². The van der Waals surface area contributed by atoms with Crippen molar-refractivity contribution >= 4 is 23.9 Å². The Hall–Kier alpha value is -2.24. The molecule has 0 aliphatic carbocycles. The molecule has 11 nitrogen and oxygen atoms in total. The number of hydrogen-bond donors (Lipinski definition) is 0. The van der Waals surface area contributed by atoms with E-state index in [-0.39, 0.29) is 64.8 Å². The van der Waals surface area contributed by atoms with Crippen molar-refractivity contribution in [2.45, 2.75) is 27.7 Å². The molecule has 0 bridgehead atoms. The first-order valence-electron chi connectivity index (χ1n) is 10.9. The molecule has 0 N–H and O–H groups in total. The largest absolute Gasteiger partial charge is 0.469 e. The lowest BCUT2D eigenvalue weighted by Crippen LogP contribution is -2.25. The first-order chi connectivity index (χ1) is 15.6. The number of esters is 4. The number of carbonyl (C=O) groups is 4. The lowest BCUT2D eigenvalue weighted by Gasteiger charge is -2.15. The van der Waals surface area contributed by atoms with E-state index in [2.05, 4.69) is 9.47 Å². The van der Waals surface area contributed by atoms with Crippen LogP contribution in [0.4, 0.5) is 0 Å². The fourth-order valence-corrected chi connectivity index (χ4v) is 2.31. The van der Waals surface area contributed by atoms with Gasteiger partial charge >= 0.3 is 23.9 Å². The highest BCUT2D eigenvalue weighted by Gasteiger charge is 2.19. The van der Waals surface area contributed by atoms with Crippen LogP contribution in [0.25, 0.3) is 0 Å². The molecule has 0 rings (SSSR count). The minimum Gasteiger partial charge on any atom is -0.469 e. The van der Waals surface area contributed by atoms with Crippen molar-refractivity contribution in [2.24, 2.45) is 23.7 Å². The van der Waals surface area contributed by atoms with Gasteiger partial charge in [0.2, 0.25) is 0 Å². The maximum atomic E-state index is 11.9. The minimum atomic E-state index is -0.491. The van der Waals surface area contributed by atoms with Crippen LogP contribution in [0.1, 0.15) is 27.7 Å². The molecule has 0 amide bonds. The summed E-state index contributed by atoms with van der Waals surface area (Å²) in [5, 5.41) is 0. The zero-order valence-electron chi connectivity index (χ0n) is 20.5. The van der Waals surface area contributed by atoms with E-state index in [1.54, 1.807) is 27.7 Å². The molecule has 4 unspecified atom stereocenters. The van der Waals surface area contributed by atoms with Gasteiger partial charge in [-0.2, -0.15) is 0 Å². The number of methoxy groups -OCH3 is 2. The summed E-state index contributed by atoms with van der Waals surface area (Å²) in [4.78, 5) is 46.3. The second-order valence-electron chi connectivity index (χ2n) is 7.67. The molecule has 0 spiro atoms. The van der Waals surface area contributed by atoms with E-state index < -0.39 is 35.6 Å². The van der Waals surface area contributed by atoms with Crippen molar-refractivity contribution in [3.8, 4) is 0 Å². The highest BCUT2D eigenvalue weighted by atomic mass is 16.6. The minimum absolute atomic E-state index is 0.0539. The summed E-state index contributed by atoms with van der Waals surface area (Å²) in [5.74, 6) is -3.43. The van der Waals surface area contributed by atoms with Crippen LogP contribution in [0.15, 0.2) is 0 Å². The number of carbonyl (C=O) groups excluding carboxylic acids is 4. The highest BCUT2D eigenvalue weighted by molar-refractivity contribution is 5.73. The lowest BCUT2D eigenvalue weighted by molar-refractivity contribution is -0.153. The molecular weight excluding hydrogens is 440 g/mol. The van der Waals surface area contributed by atoms with Crippen molar-refractivity contribution in [1.29, 1.82) is 0 Å². The Morgan fingerprint density at radius 1 is 0.485 bits per heavy atom. The molecule has 0 heterocycles. The molecule has 0 aromatic heterocycles. The van der Waals surface area contributed by atoms with Crippen LogP contribution in [-0.2, 0) is 52.3 Å². The molecule has 11 heteroatoms. The van der Waals surface area contributed by atoms with Crippen LogP contribution in [-0.4, -0.2) is 91.0 Å². The van der Waals surface area contributed by atoms with E-state index in [0.29, 0.717) is 0 Å². The van der Waals surface area contributed by atoms with Crippen molar-refractivity contribution in [2.75, 3.05) is 67.1 Å². The number of rotatable bonds is 18. The fraction of sp³-hybridized carbons (Fsp3) is 0.818. The van der Waals surface area contributed by atoms with E-state index in [4.69, 9.17) is 23.7 Å². The maximum absolute atomic E-state index is 11.9. The number of hydrogen-bond acceptors (Lipinski definition) is 11. The highest BCUT2D eigenvalue weighted by Crippen LogP contribution is 2.05. The Labute approximate surface area is 195 Å². The molecule has 0 aromatic carbocycles. The second kappa shape index (κ2) is 18.2. The third kappa shape index (κ3) is 14.5. The Kier molecular flexibility index (Phi) is 17.0.